The number of carbonyl (C=O) groups excluding carboxylic acids is 1. The van der Waals surface area contributed by atoms with E-state index in [0.29, 0.717) is 17.5 Å². The third kappa shape index (κ3) is 5.09. The molecule has 1 aliphatic rings. The maximum Gasteiger partial charge on any atom is 0.306 e. The van der Waals surface area contributed by atoms with Gasteiger partial charge in [-0.15, -0.1) is 0 Å². The first-order valence-electron chi connectivity index (χ1n) is 10.3. The van der Waals surface area contributed by atoms with Gasteiger partial charge in [-0.2, -0.15) is 0 Å². The van der Waals surface area contributed by atoms with E-state index >= 15 is 0 Å². The van der Waals surface area contributed by atoms with Crippen molar-refractivity contribution >= 4 is 5.97 Å². The molecule has 0 bridgehead atoms. The maximum atomic E-state index is 12.4. The van der Waals surface area contributed by atoms with E-state index in [-0.39, 0.29) is 41.1 Å². The molecule has 0 aromatic heterocycles. The van der Waals surface area contributed by atoms with Crippen LogP contribution in [0.4, 0.5) is 0 Å². The molecule has 3 rings (SSSR count). The van der Waals surface area contributed by atoms with Crippen molar-refractivity contribution < 1.29 is 34.7 Å². The molecule has 0 saturated heterocycles. The maximum absolute atomic E-state index is 12.4. The average molecular weight is 416 g/mol. The third-order valence-corrected chi connectivity index (χ3v) is 5.26. The van der Waals surface area contributed by atoms with Gasteiger partial charge in [0.1, 0.15) is 23.4 Å². The van der Waals surface area contributed by atoms with Gasteiger partial charge >= 0.3 is 5.97 Å². The van der Waals surface area contributed by atoms with Crippen molar-refractivity contribution in [1.29, 1.82) is 0 Å². The van der Waals surface area contributed by atoms with Crippen LogP contribution in [0.3, 0.4) is 0 Å². The summed E-state index contributed by atoms with van der Waals surface area (Å²) in [4.78, 5) is 12.4. The van der Waals surface area contributed by atoms with E-state index in [1.807, 2.05) is 0 Å². The van der Waals surface area contributed by atoms with Crippen LogP contribution < -0.4 is 4.74 Å². The highest BCUT2D eigenvalue weighted by Crippen LogP contribution is 2.43. The van der Waals surface area contributed by atoms with E-state index in [0.717, 1.165) is 32.1 Å². The van der Waals surface area contributed by atoms with Gasteiger partial charge in [-0.05, 0) is 18.6 Å². The molecule has 4 N–H and O–H groups in total. The molecule has 2 aromatic carbocycles. The molecule has 1 aliphatic heterocycles. The number of hydrogen-bond donors (Lipinski definition) is 4. The first kappa shape index (κ1) is 21.6. The molecule has 1 heterocycles. The number of rotatable bonds is 8. The summed E-state index contributed by atoms with van der Waals surface area (Å²) >= 11 is 0. The summed E-state index contributed by atoms with van der Waals surface area (Å²) in [6.07, 6.45) is 4.03. The molecule has 0 amide bonds. The van der Waals surface area contributed by atoms with Crippen molar-refractivity contribution in [3.05, 3.63) is 41.5 Å². The lowest BCUT2D eigenvalue weighted by Crippen LogP contribution is -2.34. The summed E-state index contributed by atoms with van der Waals surface area (Å²) in [5.41, 5.74) is 0.937. The van der Waals surface area contributed by atoms with Crippen LogP contribution >= 0.6 is 0 Å². The lowest BCUT2D eigenvalue weighted by atomic mass is 9.93. The van der Waals surface area contributed by atoms with Gasteiger partial charge in [0.25, 0.3) is 0 Å². The number of hydrogen-bond acceptors (Lipinski definition) is 7. The quantitative estimate of drug-likeness (QED) is 0.285. The van der Waals surface area contributed by atoms with Gasteiger partial charge < -0.3 is 29.9 Å². The highest BCUT2D eigenvalue weighted by Gasteiger charge is 2.36. The molecule has 0 spiro atoms. The number of phenols is 4. The van der Waals surface area contributed by atoms with E-state index in [9.17, 15) is 25.2 Å². The van der Waals surface area contributed by atoms with Crippen molar-refractivity contribution in [2.45, 2.75) is 64.1 Å². The molecule has 0 saturated carbocycles. The zero-order valence-corrected chi connectivity index (χ0v) is 17.0. The largest absolute Gasteiger partial charge is 0.508 e. The Labute approximate surface area is 175 Å². The Hall–Kier alpha value is -3.09. The molecule has 7 nitrogen and oxygen atoms in total. The van der Waals surface area contributed by atoms with Gasteiger partial charge in [-0.25, -0.2) is 0 Å². The van der Waals surface area contributed by atoms with E-state index in [4.69, 9.17) is 9.47 Å². The third-order valence-electron chi connectivity index (χ3n) is 5.26. The van der Waals surface area contributed by atoms with Crippen LogP contribution in [0.5, 0.6) is 28.7 Å². The van der Waals surface area contributed by atoms with Crippen molar-refractivity contribution in [1.82, 2.24) is 0 Å². The molecule has 7 heteroatoms. The molecular weight excluding hydrogens is 388 g/mol. The van der Waals surface area contributed by atoms with Crippen LogP contribution in [-0.4, -0.2) is 32.5 Å². The molecule has 2 aromatic rings. The number of ether oxygens (including phenoxy) is 2. The van der Waals surface area contributed by atoms with E-state index in [1.54, 1.807) is 6.07 Å². The van der Waals surface area contributed by atoms with E-state index in [2.05, 4.69) is 6.92 Å². The summed E-state index contributed by atoms with van der Waals surface area (Å²) in [7, 11) is 0. The first-order valence-corrected chi connectivity index (χ1v) is 10.3. The summed E-state index contributed by atoms with van der Waals surface area (Å²) in [5.74, 6) is -0.960. The van der Waals surface area contributed by atoms with Crippen LogP contribution in [0.2, 0.25) is 0 Å². The highest BCUT2D eigenvalue weighted by atomic mass is 16.6. The number of benzene rings is 2. The minimum absolute atomic E-state index is 0.141. The standard InChI is InChI=1S/C23H28O7/c1-2-3-4-5-6-7-22(28)29-21-13-16-18(26)11-15(24)12-20(16)30-23(21)14-8-9-17(25)19(27)10-14/h8-12,21,23-27H,2-7,13H2,1H3/t21-,23+/m0/s1. The Morgan fingerprint density at radius 1 is 1.00 bits per heavy atom. The van der Waals surface area contributed by atoms with Crippen LogP contribution in [0.1, 0.15) is 62.7 Å². The Morgan fingerprint density at radius 3 is 2.50 bits per heavy atom. The zero-order valence-electron chi connectivity index (χ0n) is 17.0. The molecule has 0 fully saturated rings. The topological polar surface area (TPSA) is 116 Å². The predicted molar refractivity (Wildman–Crippen MR) is 110 cm³/mol. The van der Waals surface area contributed by atoms with Crippen LogP contribution in [0, 0.1) is 0 Å². The summed E-state index contributed by atoms with van der Waals surface area (Å²) in [6, 6.07) is 6.84. The van der Waals surface area contributed by atoms with Gasteiger partial charge in [0.15, 0.2) is 17.6 Å². The van der Waals surface area contributed by atoms with E-state index in [1.165, 1.54) is 24.3 Å². The fourth-order valence-electron chi connectivity index (χ4n) is 3.65. The van der Waals surface area contributed by atoms with Gasteiger partial charge in [0, 0.05) is 36.1 Å². The number of fused-ring (bicyclic) bond motifs is 1. The lowest BCUT2D eigenvalue weighted by Gasteiger charge is -2.34. The van der Waals surface area contributed by atoms with Crippen molar-refractivity contribution in [2.75, 3.05) is 0 Å². The number of carbonyl (C=O) groups is 1. The fraction of sp³-hybridized carbons (Fsp3) is 0.435. The van der Waals surface area contributed by atoms with E-state index < -0.39 is 12.2 Å². The van der Waals surface area contributed by atoms with Crippen LogP contribution in [0.25, 0.3) is 0 Å². The second-order valence-corrected chi connectivity index (χ2v) is 7.62. The molecule has 162 valence electrons. The van der Waals surface area contributed by atoms with Crippen molar-refractivity contribution in [2.24, 2.45) is 0 Å². The van der Waals surface area contributed by atoms with Crippen molar-refractivity contribution in [3.8, 4) is 28.7 Å². The minimum atomic E-state index is -0.769. The Kier molecular flexibility index (Phi) is 6.92. The van der Waals surface area contributed by atoms with Crippen LogP contribution in [0.15, 0.2) is 30.3 Å². The highest BCUT2D eigenvalue weighted by molar-refractivity contribution is 5.69. The molecule has 2 atom stereocenters. The molecular formula is C23H28O7. The Morgan fingerprint density at radius 2 is 1.77 bits per heavy atom. The molecule has 30 heavy (non-hydrogen) atoms. The summed E-state index contributed by atoms with van der Waals surface area (Å²) < 4.78 is 11.7. The first-order chi connectivity index (χ1) is 14.4. The molecule has 0 aliphatic carbocycles. The molecule has 0 radical (unpaired) electrons. The average Bonchev–Trinajstić information content (AvgIpc) is 2.70. The normalized spacial score (nSPS) is 17.8. The Bertz CT molecular complexity index is 893. The zero-order chi connectivity index (χ0) is 21.7. The second kappa shape index (κ2) is 9.61. The number of phenolic OH excluding ortho intramolecular Hbond substituents is 4. The number of unbranched alkanes of at least 4 members (excludes halogenated alkanes) is 4. The lowest BCUT2D eigenvalue weighted by molar-refractivity contribution is -0.155. The number of aromatic hydroxyl groups is 4. The fourth-order valence-corrected chi connectivity index (χ4v) is 3.65. The number of esters is 1. The molecule has 0 unspecified atom stereocenters. The van der Waals surface area contributed by atoms with Gasteiger partial charge in [-0.1, -0.05) is 38.7 Å². The summed E-state index contributed by atoms with van der Waals surface area (Å²) in [6.45, 7) is 2.13. The second-order valence-electron chi connectivity index (χ2n) is 7.62. The van der Waals surface area contributed by atoms with Crippen molar-refractivity contribution in [3.63, 3.8) is 0 Å². The van der Waals surface area contributed by atoms with Crippen LogP contribution in [-0.2, 0) is 16.0 Å². The van der Waals surface area contributed by atoms with Gasteiger partial charge in [0.05, 0.1) is 0 Å². The summed E-state index contributed by atoms with van der Waals surface area (Å²) in [5, 5.41) is 39.5. The SMILES string of the molecule is CCCCCCCC(=O)O[C@H]1Cc2c(O)cc(O)cc2O[C@@H]1c1ccc(O)c(O)c1. The van der Waals surface area contributed by atoms with Gasteiger partial charge in [-0.3, -0.25) is 4.79 Å². The monoisotopic (exact) mass is 416 g/mol. The smallest absolute Gasteiger partial charge is 0.306 e. The minimum Gasteiger partial charge on any atom is -0.508 e. The predicted octanol–water partition coefficient (Wildman–Crippen LogP) is 4.46. The Balaban J connectivity index is 1.79. The van der Waals surface area contributed by atoms with Gasteiger partial charge in [0.2, 0.25) is 0 Å².